The normalized spacial score (nSPS) is 19.6. The summed E-state index contributed by atoms with van der Waals surface area (Å²) in [5.41, 5.74) is 1.74. The van der Waals surface area contributed by atoms with E-state index in [2.05, 4.69) is 9.89 Å². The Hall–Kier alpha value is -1.82. The minimum Gasteiger partial charge on any atom is -0.378 e. The van der Waals surface area contributed by atoms with Gasteiger partial charge in [-0.05, 0) is 18.1 Å². The molecule has 0 N–H and O–H groups in total. The summed E-state index contributed by atoms with van der Waals surface area (Å²) >= 11 is 6.17. The standard InChI is InChI=1S/C15H17ClN4O/c1-2-11-7-15(20-3-5-21-6-4-20)19-14(16)8-13(11)12(9-17)10-18/h8,12H,2-7H2,1H3. The minimum atomic E-state index is -0.798. The lowest BCUT2D eigenvalue weighted by Gasteiger charge is -2.30. The number of nitrogens with zero attached hydrogens (tertiary/aromatic N) is 4. The van der Waals surface area contributed by atoms with Crippen molar-refractivity contribution in [1.29, 1.82) is 10.5 Å². The van der Waals surface area contributed by atoms with E-state index in [9.17, 15) is 0 Å². The molecule has 0 aromatic heterocycles. The van der Waals surface area contributed by atoms with Gasteiger partial charge in [0, 0.05) is 19.5 Å². The Kier molecular flexibility index (Phi) is 5.38. The number of ether oxygens (including phenoxy) is 1. The number of rotatable bonds is 2. The van der Waals surface area contributed by atoms with Crippen LogP contribution in [-0.4, -0.2) is 37.0 Å². The monoisotopic (exact) mass is 304 g/mol. The first kappa shape index (κ1) is 15.6. The molecule has 0 saturated carbocycles. The number of amidine groups is 1. The summed E-state index contributed by atoms with van der Waals surface area (Å²) in [6, 6.07) is 4.04. The summed E-state index contributed by atoms with van der Waals surface area (Å²) in [6.07, 6.45) is 3.04. The zero-order chi connectivity index (χ0) is 15.2. The van der Waals surface area contributed by atoms with Crippen molar-refractivity contribution in [2.24, 2.45) is 10.9 Å². The molecule has 0 amide bonds. The van der Waals surface area contributed by atoms with E-state index in [1.807, 2.05) is 19.1 Å². The van der Waals surface area contributed by atoms with Crippen LogP contribution >= 0.6 is 11.6 Å². The van der Waals surface area contributed by atoms with Gasteiger partial charge in [-0.1, -0.05) is 24.1 Å². The zero-order valence-electron chi connectivity index (χ0n) is 12.0. The molecule has 1 fully saturated rings. The zero-order valence-corrected chi connectivity index (χ0v) is 12.7. The van der Waals surface area contributed by atoms with Gasteiger partial charge in [-0.2, -0.15) is 10.5 Å². The topological polar surface area (TPSA) is 72.4 Å². The highest BCUT2D eigenvalue weighted by Gasteiger charge is 2.23. The van der Waals surface area contributed by atoms with Crippen molar-refractivity contribution >= 4 is 17.4 Å². The lowest BCUT2D eigenvalue weighted by molar-refractivity contribution is 0.0674. The molecule has 1 saturated heterocycles. The number of halogens is 1. The molecule has 21 heavy (non-hydrogen) atoms. The van der Waals surface area contributed by atoms with E-state index in [-0.39, 0.29) is 0 Å². The van der Waals surface area contributed by atoms with Gasteiger partial charge in [-0.15, -0.1) is 0 Å². The molecule has 0 bridgehead atoms. The maximum absolute atomic E-state index is 9.14. The molecular formula is C15H17ClN4O. The number of aliphatic imine (C=N–C) groups is 1. The fourth-order valence-electron chi connectivity index (χ4n) is 2.51. The summed E-state index contributed by atoms with van der Waals surface area (Å²) in [4.78, 5) is 6.61. The first-order valence-electron chi connectivity index (χ1n) is 6.98. The quantitative estimate of drug-likeness (QED) is 0.735. The fourth-order valence-corrected chi connectivity index (χ4v) is 2.72. The second kappa shape index (κ2) is 7.26. The SMILES string of the molecule is CCC1=C(C(C#N)C#N)C=C(Cl)N=C(N2CCOCC2)C1. The number of hydrogen-bond acceptors (Lipinski definition) is 5. The predicted molar refractivity (Wildman–Crippen MR) is 80.4 cm³/mol. The Balaban J connectivity index is 2.34. The number of nitriles is 2. The van der Waals surface area contributed by atoms with Crippen molar-refractivity contribution in [2.45, 2.75) is 19.8 Å². The summed E-state index contributed by atoms with van der Waals surface area (Å²) in [7, 11) is 0. The number of morpholine rings is 1. The van der Waals surface area contributed by atoms with Gasteiger partial charge in [0.1, 0.15) is 11.0 Å². The van der Waals surface area contributed by atoms with Crippen LogP contribution in [0.1, 0.15) is 19.8 Å². The third-order valence-corrected chi connectivity index (χ3v) is 3.86. The molecule has 0 aromatic rings. The third kappa shape index (κ3) is 3.64. The summed E-state index contributed by atoms with van der Waals surface area (Å²) in [5.74, 6) is 0.0916. The molecule has 0 aliphatic carbocycles. The second-order valence-corrected chi connectivity index (χ2v) is 5.26. The average Bonchev–Trinajstić information content (AvgIpc) is 2.68. The van der Waals surface area contributed by atoms with Gasteiger partial charge in [0.2, 0.25) is 0 Å². The van der Waals surface area contributed by atoms with Crippen molar-refractivity contribution in [2.75, 3.05) is 26.3 Å². The molecule has 0 aromatic carbocycles. The molecule has 2 heterocycles. The van der Waals surface area contributed by atoms with E-state index in [4.69, 9.17) is 26.9 Å². The third-order valence-electron chi connectivity index (χ3n) is 3.66. The van der Waals surface area contributed by atoms with Gasteiger partial charge >= 0.3 is 0 Å². The van der Waals surface area contributed by atoms with Gasteiger partial charge in [0.25, 0.3) is 0 Å². The van der Waals surface area contributed by atoms with E-state index in [1.165, 1.54) is 0 Å². The molecule has 0 spiro atoms. The van der Waals surface area contributed by atoms with E-state index in [1.54, 1.807) is 6.08 Å². The summed E-state index contributed by atoms with van der Waals surface area (Å²) in [5, 5.41) is 18.6. The second-order valence-electron chi connectivity index (χ2n) is 4.87. The molecule has 2 aliphatic heterocycles. The Morgan fingerprint density at radius 1 is 1.38 bits per heavy atom. The van der Waals surface area contributed by atoms with Crippen LogP contribution in [-0.2, 0) is 4.74 Å². The first-order chi connectivity index (χ1) is 10.2. The highest BCUT2D eigenvalue weighted by molar-refractivity contribution is 6.30. The van der Waals surface area contributed by atoms with Crippen LogP contribution in [0.2, 0.25) is 0 Å². The largest absolute Gasteiger partial charge is 0.378 e. The van der Waals surface area contributed by atoms with Crippen LogP contribution in [0.5, 0.6) is 0 Å². The molecular weight excluding hydrogens is 288 g/mol. The summed E-state index contributed by atoms with van der Waals surface area (Å²) in [6.45, 7) is 4.95. The van der Waals surface area contributed by atoms with Gasteiger partial charge in [-0.3, -0.25) is 0 Å². The Labute approximate surface area is 129 Å². The molecule has 5 nitrogen and oxygen atoms in total. The van der Waals surface area contributed by atoms with E-state index in [0.717, 1.165) is 30.9 Å². The van der Waals surface area contributed by atoms with Crippen LogP contribution in [0.15, 0.2) is 27.4 Å². The number of allylic oxidation sites excluding steroid dienone is 2. The molecule has 0 unspecified atom stereocenters. The molecule has 0 radical (unpaired) electrons. The average molecular weight is 305 g/mol. The molecule has 0 atom stereocenters. The Bertz CT molecular complexity index is 559. The van der Waals surface area contributed by atoms with Crippen molar-refractivity contribution < 1.29 is 4.74 Å². The highest BCUT2D eigenvalue weighted by Crippen LogP contribution is 2.28. The van der Waals surface area contributed by atoms with E-state index in [0.29, 0.717) is 30.4 Å². The van der Waals surface area contributed by atoms with Gasteiger partial charge in [0.05, 0.1) is 25.4 Å². The first-order valence-corrected chi connectivity index (χ1v) is 7.36. The van der Waals surface area contributed by atoms with Gasteiger partial charge in [0.15, 0.2) is 5.92 Å². The van der Waals surface area contributed by atoms with Crippen LogP contribution < -0.4 is 0 Å². The van der Waals surface area contributed by atoms with Crippen molar-refractivity contribution in [3.8, 4) is 12.1 Å². The van der Waals surface area contributed by atoms with Crippen LogP contribution in [0.4, 0.5) is 0 Å². The summed E-state index contributed by atoms with van der Waals surface area (Å²) < 4.78 is 5.35. The van der Waals surface area contributed by atoms with Crippen molar-refractivity contribution in [1.82, 2.24) is 4.90 Å². The maximum atomic E-state index is 9.14. The molecule has 2 rings (SSSR count). The van der Waals surface area contributed by atoms with Gasteiger partial charge in [-0.25, -0.2) is 4.99 Å². The molecule has 6 heteroatoms. The Morgan fingerprint density at radius 2 is 2.05 bits per heavy atom. The Morgan fingerprint density at radius 3 is 2.62 bits per heavy atom. The number of hydrogen-bond donors (Lipinski definition) is 0. The fraction of sp³-hybridized carbons (Fsp3) is 0.533. The van der Waals surface area contributed by atoms with E-state index < -0.39 is 5.92 Å². The maximum Gasteiger partial charge on any atom is 0.158 e. The highest BCUT2D eigenvalue weighted by atomic mass is 35.5. The lowest BCUT2D eigenvalue weighted by atomic mass is 9.93. The minimum absolute atomic E-state index is 0.324. The smallest absolute Gasteiger partial charge is 0.158 e. The van der Waals surface area contributed by atoms with Crippen molar-refractivity contribution in [3.63, 3.8) is 0 Å². The van der Waals surface area contributed by atoms with Crippen LogP contribution in [0.3, 0.4) is 0 Å². The van der Waals surface area contributed by atoms with Gasteiger partial charge < -0.3 is 9.64 Å². The predicted octanol–water partition coefficient (Wildman–Crippen LogP) is 2.57. The van der Waals surface area contributed by atoms with Crippen molar-refractivity contribution in [3.05, 3.63) is 22.4 Å². The van der Waals surface area contributed by atoms with E-state index >= 15 is 0 Å². The van der Waals surface area contributed by atoms with Crippen LogP contribution in [0, 0.1) is 28.6 Å². The molecule has 2 aliphatic rings. The van der Waals surface area contributed by atoms with Crippen LogP contribution in [0.25, 0.3) is 0 Å². The lowest BCUT2D eigenvalue weighted by Crippen LogP contribution is -2.40. The molecule has 110 valence electrons.